The van der Waals surface area contributed by atoms with Crippen LogP contribution in [0.25, 0.3) is 0 Å². The van der Waals surface area contributed by atoms with Gasteiger partial charge in [-0.15, -0.1) is 11.3 Å². The molecule has 1 aromatic rings. The van der Waals surface area contributed by atoms with Crippen molar-refractivity contribution in [2.75, 3.05) is 6.54 Å². The van der Waals surface area contributed by atoms with Gasteiger partial charge in [0.1, 0.15) is 0 Å². The number of nitrogens with one attached hydrogen (secondary N) is 1. The van der Waals surface area contributed by atoms with Crippen molar-refractivity contribution in [1.29, 1.82) is 0 Å². The molecule has 1 unspecified atom stereocenters. The molecular weight excluding hydrogens is 297 g/mol. The Morgan fingerprint density at radius 3 is 2.43 bits per heavy atom. The Labute approximate surface area is 129 Å². The molecule has 1 N–H and O–H groups in total. The summed E-state index contributed by atoms with van der Waals surface area (Å²) in [5.74, 6) is 0. The van der Waals surface area contributed by atoms with Crippen LogP contribution in [0.2, 0.25) is 0 Å². The van der Waals surface area contributed by atoms with Crippen LogP contribution in [0.1, 0.15) is 57.7 Å². The lowest BCUT2D eigenvalue weighted by atomic mass is 9.93. The van der Waals surface area contributed by atoms with E-state index in [9.17, 15) is 13.2 Å². The average molecular weight is 322 g/mol. The van der Waals surface area contributed by atoms with Crippen molar-refractivity contribution in [2.45, 2.75) is 71.0 Å². The van der Waals surface area contributed by atoms with Crippen molar-refractivity contribution >= 4 is 11.3 Å². The molecule has 0 spiro atoms. The molecular formula is C15H25F3N2S. The molecule has 6 heteroatoms. The first kappa shape index (κ1) is 18.4. The number of hydrogen-bond donors (Lipinski definition) is 1. The topological polar surface area (TPSA) is 24.9 Å². The minimum absolute atomic E-state index is 0.0208. The maximum atomic E-state index is 12.4. The van der Waals surface area contributed by atoms with Crippen molar-refractivity contribution < 1.29 is 13.2 Å². The van der Waals surface area contributed by atoms with Gasteiger partial charge in [-0.25, -0.2) is 4.98 Å². The molecule has 2 nitrogen and oxygen atoms in total. The molecule has 0 fully saturated rings. The Morgan fingerprint density at radius 2 is 1.95 bits per heavy atom. The summed E-state index contributed by atoms with van der Waals surface area (Å²) in [5, 5.41) is 6.13. The van der Waals surface area contributed by atoms with Gasteiger partial charge in [0.2, 0.25) is 0 Å². The lowest BCUT2D eigenvalue weighted by molar-refractivity contribution is -0.136. The van der Waals surface area contributed by atoms with Gasteiger partial charge in [0, 0.05) is 29.7 Å². The zero-order valence-corrected chi connectivity index (χ0v) is 14.0. The molecule has 0 aliphatic rings. The number of hydrogen-bond acceptors (Lipinski definition) is 3. The van der Waals surface area contributed by atoms with Gasteiger partial charge >= 0.3 is 6.18 Å². The highest BCUT2D eigenvalue weighted by atomic mass is 32.1. The monoisotopic (exact) mass is 322 g/mol. The lowest BCUT2D eigenvalue weighted by Gasteiger charge is -2.18. The first-order valence-electron chi connectivity index (χ1n) is 7.37. The summed E-state index contributed by atoms with van der Waals surface area (Å²) >= 11 is 1.54. The second-order valence-corrected chi connectivity index (χ2v) is 7.33. The van der Waals surface area contributed by atoms with Crippen molar-refractivity contribution in [3.63, 3.8) is 0 Å². The molecule has 0 bridgehead atoms. The van der Waals surface area contributed by atoms with Crippen LogP contribution in [0.3, 0.4) is 0 Å². The highest BCUT2D eigenvalue weighted by Crippen LogP contribution is 2.26. The molecule has 0 aliphatic carbocycles. The number of halogens is 3. The molecule has 122 valence electrons. The fraction of sp³-hybridized carbons (Fsp3) is 0.800. The van der Waals surface area contributed by atoms with Crippen LogP contribution >= 0.6 is 11.3 Å². The van der Waals surface area contributed by atoms with Gasteiger partial charge in [-0.1, -0.05) is 27.7 Å². The van der Waals surface area contributed by atoms with E-state index in [4.69, 9.17) is 0 Å². The third kappa shape index (κ3) is 7.27. The molecule has 1 atom stereocenters. The van der Waals surface area contributed by atoms with Crippen LogP contribution in [-0.4, -0.2) is 23.7 Å². The predicted octanol–water partition coefficient (Wildman–Crippen LogP) is 4.69. The van der Waals surface area contributed by atoms with Crippen LogP contribution in [0.5, 0.6) is 0 Å². The summed E-state index contributed by atoms with van der Waals surface area (Å²) in [6.45, 7) is 9.00. The first-order valence-corrected chi connectivity index (χ1v) is 8.25. The minimum atomic E-state index is -4.09. The minimum Gasteiger partial charge on any atom is -0.314 e. The average Bonchev–Trinajstić information content (AvgIpc) is 2.80. The van der Waals surface area contributed by atoms with E-state index in [2.05, 4.69) is 31.1 Å². The zero-order chi connectivity index (χ0) is 16.1. The highest BCUT2D eigenvalue weighted by Gasteiger charge is 2.28. The zero-order valence-electron chi connectivity index (χ0n) is 13.2. The smallest absolute Gasteiger partial charge is 0.314 e. The lowest BCUT2D eigenvalue weighted by Crippen LogP contribution is -2.33. The van der Waals surface area contributed by atoms with Crippen molar-refractivity contribution in [2.24, 2.45) is 0 Å². The second-order valence-electron chi connectivity index (χ2n) is 6.39. The molecule has 21 heavy (non-hydrogen) atoms. The Bertz CT molecular complexity index is 421. The Balaban J connectivity index is 2.65. The summed E-state index contributed by atoms with van der Waals surface area (Å²) in [7, 11) is 0. The third-order valence-electron chi connectivity index (χ3n) is 3.20. The van der Waals surface area contributed by atoms with Crippen LogP contribution in [0.15, 0.2) is 5.38 Å². The second kappa shape index (κ2) is 7.58. The number of nitrogens with zero attached hydrogens (tertiary/aromatic N) is 1. The van der Waals surface area contributed by atoms with Crippen molar-refractivity contribution in [3.05, 3.63) is 16.1 Å². The summed E-state index contributed by atoms with van der Waals surface area (Å²) < 4.78 is 37.2. The fourth-order valence-corrected chi connectivity index (χ4v) is 3.02. The number of aromatic nitrogens is 1. The Kier molecular flexibility index (Phi) is 6.66. The van der Waals surface area contributed by atoms with Crippen LogP contribution in [-0.2, 0) is 11.8 Å². The van der Waals surface area contributed by atoms with Crippen LogP contribution < -0.4 is 5.32 Å². The van der Waals surface area contributed by atoms with Gasteiger partial charge in [-0.2, -0.15) is 13.2 Å². The first-order chi connectivity index (χ1) is 9.62. The number of thiazole rings is 1. The van der Waals surface area contributed by atoms with Gasteiger partial charge in [-0.05, 0) is 19.4 Å². The van der Waals surface area contributed by atoms with Crippen molar-refractivity contribution in [3.8, 4) is 0 Å². The van der Waals surface area contributed by atoms with Gasteiger partial charge < -0.3 is 5.32 Å². The predicted molar refractivity (Wildman–Crippen MR) is 81.9 cm³/mol. The largest absolute Gasteiger partial charge is 0.389 e. The van der Waals surface area contributed by atoms with Gasteiger partial charge in [0.25, 0.3) is 0 Å². The van der Waals surface area contributed by atoms with E-state index in [1.807, 2.05) is 12.3 Å². The fourth-order valence-electron chi connectivity index (χ4n) is 1.92. The quantitative estimate of drug-likeness (QED) is 0.787. The molecule has 0 aromatic carbocycles. The molecule has 0 amide bonds. The molecule has 0 saturated heterocycles. The van der Waals surface area contributed by atoms with Gasteiger partial charge in [0.15, 0.2) is 0 Å². The van der Waals surface area contributed by atoms with E-state index in [1.54, 1.807) is 0 Å². The molecule has 1 aromatic heterocycles. The Hall–Kier alpha value is -0.620. The molecule has 1 heterocycles. The molecule has 0 radical (unpaired) electrons. The molecule has 0 saturated carbocycles. The normalized spacial score (nSPS) is 14.4. The van der Waals surface area contributed by atoms with Crippen molar-refractivity contribution in [1.82, 2.24) is 10.3 Å². The summed E-state index contributed by atoms with van der Waals surface area (Å²) in [6, 6.07) is -0.162. The molecule has 0 aliphatic heterocycles. The summed E-state index contributed by atoms with van der Waals surface area (Å²) in [6.07, 6.45) is -3.25. The van der Waals surface area contributed by atoms with E-state index in [-0.39, 0.29) is 17.9 Å². The maximum absolute atomic E-state index is 12.4. The highest BCUT2D eigenvalue weighted by molar-refractivity contribution is 7.09. The van der Waals surface area contributed by atoms with Gasteiger partial charge in [-0.3, -0.25) is 0 Å². The van der Waals surface area contributed by atoms with E-state index < -0.39 is 12.6 Å². The number of rotatable bonds is 7. The van der Waals surface area contributed by atoms with E-state index >= 15 is 0 Å². The molecule has 1 rings (SSSR count). The summed E-state index contributed by atoms with van der Waals surface area (Å²) in [5.41, 5.74) is 0.986. The number of alkyl halides is 3. The summed E-state index contributed by atoms with van der Waals surface area (Å²) in [4.78, 5) is 4.57. The van der Waals surface area contributed by atoms with Crippen LogP contribution in [0.4, 0.5) is 13.2 Å². The SMILES string of the molecule is CCCNC(CCC(F)(F)F)Cc1nc(C(C)(C)C)cs1. The van der Waals surface area contributed by atoms with Crippen LogP contribution in [0, 0.1) is 0 Å². The third-order valence-corrected chi connectivity index (χ3v) is 4.07. The van der Waals surface area contributed by atoms with E-state index in [0.717, 1.165) is 23.7 Å². The van der Waals surface area contributed by atoms with E-state index in [1.165, 1.54) is 11.3 Å². The van der Waals surface area contributed by atoms with E-state index in [0.29, 0.717) is 6.42 Å². The Morgan fingerprint density at radius 1 is 1.29 bits per heavy atom. The van der Waals surface area contributed by atoms with Gasteiger partial charge in [0.05, 0.1) is 10.7 Å². The maximum Gasteiger partial charge on any atom is 0.389 e. The standard InChI is InChI=1S/C15H25F3N2S/c1-5-8-19-11(6-7-15(16,17)18)9-13-20-12(10-21-13)14(2,3)4/h10-11,19H,5-9H2,1-4H3.